The Kier molecular flexibility index (Phi) is 1.73. The molecule has 1 rings (SSSR count). The Morgan fingerprint density at radius 1 is 1.33 bits per heavy atom. The zero-order valence-electron chi connectivity index (χ0n) is 4.99. The van der Waals surface area contributed by atoms with Gasteiger partial charge in [0.1, 0.15) is 0 Å². The van der Waals surface area contributed by atoms with Crippen molar-refractivity contribution in [2.75, 3.05) is 0 Å². The van der Waals surface area contributed by atoms with Crippen LogP contribution >= 0.6 is 0 Å². The van der Waals surface area contributed by atoms with Crippen molar-refractivity contribution in [1.82, 2.24) is 0 Å². The zero-order valence-corrected chi connectivity index (χ0v) is 4.99. The molecule has 0 bridgehead atoms. The number of aliphatic hydroxyl groups excluding tert-OH is 3. The van der Waals surface area contributed by atoms with Gasteiger partial charge in [0, 0.05) is 6.42 Å². The van der Waals surface area contributed by atoms with Crippen LogP contribution in [0.5, 0.6) is 0 Å². The summed E-state index contributed by atoms with van der Waals surface area (Å²) < 4.78 is 0. The van der Waals surface area contributed by atoms with E-state index in [1.54, 1.807) is 0 Å². The molecule has 3 N–H and O–H groups in total. The number of aliphatic hydroxyl groups is 3. The van der Waals surface area contributed by atoms with Gasteiger partial charge in [-0.1, -0.05) is 0 Å². The standard InChI is InChI=1S/C6H10O3/c7-4-1-2-5(8)6(9)3-4/h1,5-9H,2-3H2. The molecule has 0 aliphatic heterocycles. The van der Waals surface area contributed by atoms with Gasteiger partial charge in [0.25, 0.3) is 0 Å². The summed E-state index contributed by atoms with van der Waals surface area (Å²) in [7, 11) is 0. The van der Waals surface area contributed by atoms with E-state index < -0.39 is 12.2 Å². The lowest BCUT2D eigenvalue weighted by molar-refractivity contribution is 0.00865. The zero-order chi connectivity index (χ0) is 6.85. The summed E-state index contributed by atoms with van der Waals surface area (Å²) in [4.78, 5) is 0. The Morgan fingerprint density at radius 3 is 2.44 bits per heavy atom. The van der Waals surface area contributed by atoms with Gasteiger partial charge in [0.2, 0.25) is 0 Å². The molecule has 2 unspecified atom stereocenters. The average Bonchev–Trinajstić information content (AvgIpc) is 1.80. The van der Waals surface area contributed by atoms with Crippen LogP contribution < -0.4 is 0 Å². The molecule has 0 aromatic carbocycles. The van der Waals surface area contributed by atoms with Gasteiger partial charge in [-0.2, -0.15) is 0 Å². The largest absolute Gasteiger partial charge is 0.513 e. The summed E-state index contributed by atoms with van der Waals surface area (Å²) >= 11 is 0. The summed E-state index contributed by atoms with van der Waals surface area (Å²) in [5.41, 5.74) is 0. The fraction of sp³-hybridized carbons (Fsp3) is 0.667. The van der Waals surface area contributed by atoms with Gasteiger partial charge in [-0.05, 0) is 12.5 Å². The molecule has 0 amide bonds. The molecule has 0 saturated heterocycles. The van der Waals surface area contributed by atoms with Crippen molar-refractivity contribution in [2.24, 2.45) is 0 Å². The van der Waals surface area contributed by atoms with Crippen LogP contribution in [-0.4, -0.2) is 27.5 Å². The Morgan fingerprint density at radius 2 is 2.00 bits per heavy atom. The van der Waals surface area contributed by atoms with E-state index in [1.165, 1.54) is 6.08 Å². The molecule has 2 atom stereocenters. The van der Waals surface area contributed by atoms with E-state index >= 15 is 0 Å². The van der Waals surface area contributed by atoms with Gasteiger partial charge in [-0.15, -0.1) is 0 Å². The Bertz CT molecular complexity index is 130. The monoisotopic (exact) mass is 130 g/mol. The van der Waals surface area contributed by atoms with Gasteiger partial charge >= 0.3 is 0 Å². The van der Waals surface area contributed by atoms with Crippen LogP contribution in [0.3, 0.4) is 0 Å². The topological polar surface area (TPSA) is 60.7 Å². The maximum Gasteiger partial charge on any atom is 0.0910 e. The maximum atomic E-state index is 8.90. The smallest absolute Gasteiger partial charge is 0.0910 e. The van der Waals surface area contributed by atoms with Crippen LogP contribution in [0.2, 0.25) is 0 Å². The van der Waals surface area contributed by atoms with Crippen LogP contribution in [0.1, 0.15) is 12.8 Å². The van der Waals surface area contributed by atoms with Gasteiger partial charge in [0.15, 0.2) is 0 Å². The van der Waals surface area contributed by atoms with Crippen molar-refractivity contribution in [3.8, 4) is 0 Å². The molecular weight excluding hydrogens is 120 g/mol. The predicted octanol–water partition coefficient (Wildman–Crippen LogP) is -0.0561. The third kappa shape index (κ3) is 1.43. The van der Waals surface area contributed by atoms with E-state index in [-0.39, 0.29) is 12.2 Å². The van der Waals surface area contributed by atoms with Crippen LogP contribution in [-0.2, 0) is 0 Å². The van der Waals surface area contributed by atoms with Gasteiger partial charge in [-0.25, -0.2) is 0 Å². The lowest BCUT2D eigenvalue weighted by Gasteiger charge is -2.20. The highest BCUT2D eigenvalue weighted by atomic mass is 16.3. The molecule has 9 heavy (non-hydrogen) atoms. The summed E-state index contributed by atoms with van der Waals surface area (Å²) in [6.07, 6.45) is 0.585. The van der Waals surface area contributed by atoms with Crippen LogP contribution in [0, 0.1) is 0 Å². The molecule has 0 heterocycles. The minimum absolute atomic E-state index is 0.174. The molecular formula is C6H10O3. The van der Waals surface area contributed by atoms with E-state index in [9.17, 15) is 0 Å². The van der Waals surface area contributed by atoms with E-state index in [0.717, 1.165) is 0 Å². The Labute approximate surface area is 53.3 Å². The third-order valence-electron chi connectivity index (χ3n) is 1.46. The van der Waals surface area contributed by atoms with Crippen molar-refractivity contribution in [2.45, 2.75) is 25.0 Å². The van der Waals surface area contributed by atoms with Crippen molar-refractivity contribution >= 4 is 0 Å². The highest BCUT2D eigenvalue weighted by molar-refractivity contribution is 5.01. The molecule has 1 aliphatic rings. The number of hydrogen-bond donors (Lipinski definition) is 3. The molecule has 0 spiro atoms. The van der Waals surface area contributed by atoms with E-state index in [1.807, 2.05) is 0 Å². The molecule has 3 heteroatoms. The van der Waals surface area contributed by atoms with Crippen LogP contribution in [0.25, 0.3) is 0 Å². The van der Waals surface area contributed by atoms with Gasteiger partial charge < -0.3 is 15.3 Å². The first kappa shape index (κ1) is 6.58. The molecule has 0 radical (unpaired) electrons. The second-order valence-corrected chi connectivity index (χ2v) is 2.27. The third-order valence-corrected chi connectivity index (χ3v) is 1.46. The molecule has 3 nitrogen and oxygen atoms in total. The normalized spacial score (nSPS) is 36.0. The minimum Gasteiger partial charge on any atom is -0.513 e. The quantitative estimate of drug-likeness (QED) is 0.430. The number of hydrogen-bond acceptors (Lipinski definition) is 3. The Balaban J connectivity index is 2.54. The SMILES string of the molecule is OC1=CCC(O)C(O)C1. The second-order valence-electron chi connectivity index (χ2n) is 2.27. The van der Waals surface area contributed by atoms with Gasteiger partial charge in [-0.3, -0.25) is 0 Å². The second kappa shape index (κ2) is 2.37. The lowest BCUT2D eigenvalue weighted by Crippen LogP contribution is -2.28. The van der Waals surface area contributed by atoms with Crippen molar-refractivity contribution in [1.29, 1.82) is 0 Å². The minimum atomic E-state index is -0.782. The number of rotatable bonds is 0. The molecule has 0 aromatic heterocycles. The summed E-state index contributed by atoms with van der Waals surface area (Å²) in [6.45, 7) is 0. The molecule has 1 aliphatic carbocycles. The first-order chi connectivity index (χ1) is 4.20. The molecule has 0 aromatic rings. The van der Waals surface area contributed by atoms with Crippen LogP contribution in [0.15, 0.2) is 11.8 Å². The molecule has 0 fully saturated rings. The molecule has 52 valence electrons. The summed E-state index contributed by atoms with van der Waals surface area (Å²) in [5, 5.41) is 26.6. The van der Waals surface area contributed by atoms with Crippen molar-refractivity contribution in [3.63, 3.8) is 0 Å². The molecule has 0 saturated carbocycles. The predicted molar refractivity (Wildman–Crippen MR) is 32.0 cm³/mol. The van der Waals surface area contributed by atoms with E-state index in [0.29, 0.717) is 6.42 Å². The first-order valence-electron chi connectivity index (χ1n) is 2.94. The average molecular weight is 130 g/mol. The van der Waals surface area contributed by atoms with Crippen molar-refractivity contribution in [3.05, 3.63) is 11.8 Å². The lowest BCUT2D eigenvalue weighted by atomic mass is 10.0. The van der Waals surface area contributed by atoms with E-state index in [4.69, 9.17) is 15.3 Å². The van der Waals surface area contributed by atoms with Gasteiger partial charge in [0.05, 0.1) is 18.0 Å². The highest BCUT2D eigenvalue weighted by Crippen LogP contribution is 2.15. The maximum absolute atomic E-state index is 8.90. The van der Waals surface area contributed by atoms with Crippen molar-refractivity contribution < 1.29 is 15.3 Å². The van der Waals surface area contributed by atoms with E-state index in [2.05, 4.69) is 0 Å². The summed E-state index contributed by atoms with van der Waals surface area (Å²) in [5.74, 6) is 0.174. The van der Waals surface area contributed by atoms with Crippen LogP contribution in [0.4, 0.5) is 0 Å². The fourth-order valence-corrected chi connectivity index (χ4v) is 0.848. The highest BCUT2D eigenvalue weighted by Gasteiger charge is 2.20. The Hall–Kier alpha value is -0.540. The summed E-state index contributed by atoms with van der Waals surface area (Å²) in [6, 6.07) is 0. The first-order valence-corrected chi connectivity index (χ1v) is 2.94. The fourth-order valence-electron chi connectivity index (χ4n) is 0.848.